The highest BCUT2D eigenvalue weighted by Gasteiger charge is 2.00. The van der Waals surface area contributed by atoms with Crippen LogP contribution >= 0.6 is 0 Å². The van der Waals surface area contributed by atoms with Gasteiger partial charge in [0.05, 0.1) is 12.4 Å². The van der Waals surface area contributed by atoms with Crippen LogP contribution in [0.4, 0.5) is 5.69 Å². The number of benzene rings is 2. The number of rotatable bonds is 6. The second-order valence-corrected chi connectivity index (χ2v) is 8.98. The summed E-state index contributed by atoms with van der Waals surface area (Å²) in [5.41, 5.74) is 8.57. The first-order valence-electron chi connectivity index (χ1n) is 14.1. The molecule has 0 bridgehead atoms. The highest BCUT2D eigenvalue weighted by atomic mass is 16.1. The minimum Gasteiger partial charge on any atom is -0.329 e. The van der Waals surface area contributed by atoms with Crippen molar-refractivity contribution in [2.75, 3.05) is 5.32 Å². The number of anilines is 1. The van der Waals surface area contributed by atoms with Gasteiger partial charge in [-0.2, -0.15) is 0 Å². The Morgan fingerprint density at radius 3 is 2.23 bits per heavy atom. The van der Waals surface area contributed by atoms with Gasteiger partial charge in [-0.1, -0.05) is 84.4 Å². The molecule has 0 aliphatic rings. The van der Waals surface area contributed by atoms with Crippen LogP contribution in [0.1, 0.15) is 93.8 Å². The number of aromatic nitrogens is 3. The normalized spacial score (nSPS) is 9.44. The van der Waals surface area contributed by atoms with Gasteiger partial charge in [-0.3, -0.25) is 14.2 Å². The van der Waals surface area contributed by atoms with Crippen molar-refractivity contribution in [1.82, 2.24) is 14.4 Å². The van der Waals surface area contributed by atoms with Crippen LogP contribution in [0.3, 0.4) is 0 Å². The van der Waals surface area contributed by atoms with Crippen molar-refractivity contribution in [1.29, 1.82) is 0 Å². The summed E-state index contributed by atoms with van der Waals surface area (Å²) in [6.07, 6.45) is 14.4. The molecule has 5 heteroatoms. The van der Waals surface area contributed by atoms with Crippen molar-refractivity contribution in [3.05, 3.63) is 94.7 Å². The van der Waals surface area contributed by atoms with E-state index in [-0.39, 0.29) is 0 Å². The molecule has 0 saturated heterocycles. The van der Waals surface area contributed by atoms with Crippen molar-refractivity contribution in [3.8, 4) is 11.8 Å². The highest BCUT2D eigenvalue weighted by Crippen LogP contribution is 2.14. The number of hydrogen-bond acceptors (Lipinski definition) is 3. The number of unbranched alkanes of at least 4 members (excludes halogenated alkanes) is 3. The van der Waals surface area contributed by atoms with E-state index in [2.05, 4.69) is 86.9 Å². The molecule has 0 saturated carbocycles. The lowest BCUT2D eigenvalue weighted by atomic mass is 10.1. The van der Waals surface area contributed by atoms with Crippen LogP contribution in [0.15, 0.2) is 61.2 Å². The molecular weight excluding hydrogens is 480 g/mol. The number of fused-ring (bicyclic) bond motifs is 1. The smallest absolute Gasteiger partial charge is 0.211 e. The van der Waals surface area contributed by atoms with Crippen LogP contribution in [-0.4, -0.2) is 20.8 Å². The topological polar surface area (TPSA) is 59.3 Å². The molecule has 0 aliphatic heterocycles. The van der Waals surface area contributed by atoms with E-state index in [9.17, 15) is 4.79 Å². The number of imidazole rings is 1. The number of carbonyl (C=O) groups is 1. The Morgan fingerprint density at radius 2 is 1.62 bits per heavy atom. The first-order chi connectivity index (χ1) is 18.9. The molecule has 0 fully saturated rings. The molecular formula is C34H46N4O. The molecule has 1 amide bonds. The van der Waals surface area contributed by atoms with Crippen molar-refractivity contribution < 1.29 is 4.79 Å². The molecule has 0 aliphatic carbocycles. The summed E-state index contributed by atoms with van der Waals surface area (Å²) in [4.78, 5) is 18.4. The van der Waals surface area contributed by atoms with Crippen molar-refractivity contribution in [2.45, 2.75) is 87.5 Å². The van der Waals surface area contributed by atoms with Crippen LogP contribution < -0.4 is 5.32 Å². The van der Waals surface area contributed by atoms with Crippen molar-refractivity contribution in [2.24, 2.45) is 0 Å². The van der Waals surface area contributed by atoms with Gasteiger partial charge in [0.15, 0.2) is 5.65 Å². The lowest BCUT2D eigenvalue weighted by Crippen LogP contribution is -1.95. The zero-order valence-electron chi connectivity index (χ0n) is 25.1. The Labute approximate surface area is 236 Å². The first-order valence-corrected chi connectivity index (χ1v) is 14.1. The van der Waals surface area contributed by atoms with Gasteiger partial charge in [0.1, 0.15) is 5.69 Å². The molecule has 2 aromatic carbocycles. The minimum absolute atomic E-state index is 0.695. The Bertz CT molecular complexity index is 1320. The van der Waals surface area contributed by atoms with Gasteiger partial charge in [0.2, 0.25) is 6.41 Å². The molecule has 1 N–H and O–H groups in total. The fourth-order valence-electron chi connectivity index (χ4n) is 3.69. The van der Waals surface area contributed by atoms with Crippen LogP contribution in [0, 0.1) is 32.6 Å². The Hall–Kier alpha value is -3.91. The van der Waals surface area contributed by atoms with Gasteiger partial charge in [-0.25, -0.2) is 4.98 Å². The number of aryl methyl sites for hydroxylation is 4. The van der Waals surface area contributed by atoms with E-state index >= 15 is 0 Å². The van der Waals surface area contributed by atoms with E-state index in [0.717, 1.165) is 29.0 Å². The molecule has 39 heavy (non-hydrogen) atoms. The van der Waals surface area contributed by atoms with E-state index in [1.807, 2.05) is 42.6 Å². The molecule has 0 unspecified atom stereocenters. The van der Waals surface area contributed by atoms with Gasteiger partial charge < -0.3 is 5.32 Å². The molecule has 4 rings (SSSR count). The molecule has 2 heterocycles. The van der Waals surface area contributed by atoms with Crippen molar-refractivity contribution >= 4 is 17.7 Å². The minimum atomic E-state index is 0.695. The molecule has 208 valence electrons. The largest absolute Gasteiger partial charge is 0.329 e. The predicted molar refractivity (Wildman–Crippen MR) is 166 cm³/mol. The maximum absolute atomic E-state index is 10.1. The van der Waals surface area contributed by atoms with E-state index < -0.39 is 0 Å². The third kappa shape index (κ3) is 11.6. The number of amides is 1. The summed E-state index contributed by atoms with van der Waals surface area (Å²) in [6, 6.07) is 12.2. The summed E-state index contributed by atoms with van der Waals surface area (Å²) in [6.45, 7) is 16.8. The fraction of sp³-hybridized carbons (Fsp3) is 0.382. The van der Waals surface area contributed by atoms with Crippen LogP contribution in [0.25, 0.3) is 5.65 Å². The average Bonchev–Trinajstić information content (AvgIpc) is 3.37. The third-order valence-electron chi connectivity index (χ3n) is 5.94. The standard InChI is InChI=1S/C16H13N3.C10H13NO.C6H14.C2H6/c1-12-3-4-13(2)14(9-12)5-6-15-10-18-16-11-17-7-8-19(15)16;1-3-9-4-5-10(11-7-12)6-8(9)2;1-3-5-6-4-2;1-2/h3-4,7-11H,1-2H3;4-7H,3H2,1-2H3,(H,11,12);3-6H2,1-2H3;1-2H3. The van der Waals surface area contributed by atoms with E-state index in [4.69, 9.17) is 0 Å². The summed E-state index contributed by atoms with van der Waals surface area (Å²) >= 11 is 0. The lowest BCUT2D eigenvalue weighted by molar-refractivity contribution is -0.105. The summed E-state index contributed by atoms with van der Waals surface area (Å²) < 4.78 is 1.94. The number of nitrogens with zero attached hydrogens (tertiary/aromatic N) is 3. The molecule has 0 radical (unpaired) electrons. The highest BCUT2D eigenvalue weighted by molar-refractivity contribution is 5.71. The van der Waals surface area contributed by atoms with Crippen LogP contribution in [-0.2, 0) is 11.2 Å². The molecule has 0 atom stereocenters. The third-order valence-corrected chi connectivity index (χ3v) is 5.94. The Kier molecular flexibility index (Phi) is 16.3. The molecule has 4 aromatic rings. The Balaban J connectivity index is 0.000000326. The number of carbonyl (C=O) groups excluding carboxylic acids is 1. The SMILES string of the molecule is CC.CCCCCC.CCc1ccc(NC=O)cc1C.Cc1ccc(C)c(C#Cc2cnc3cnccn23)c1. The van der Waals surface area contributed by atoms with Gasteiger partial charge in [-0.15, -0.1) is 0 Å². The number of hydrogen-bond donors (Lipinski definition) is 1. The number of nitrogens with one attached hydrogen (secondary N) is 1. The summed E-state index contributed by atoms with van der Waals surface area (Å²) in [5.74, 6) is 6.39. The quantitative estimate of drug-likeness (QED) is 0.156. The maximum Gasteiger partial charge on any atom is 0.211 e. The van der Waals surface area contributed by atoms with Crippen LogP contribution in [0.5, 0.6) is 0 Å². The fourth-order valence-corrected chi connectivity index (χ4v) is 3.69. The van der Waals surface area contributed by atoms with Gasteiger partial charge >= 0.3 is 0 Å². The first kappa shape index (κ1) is 33.1. The zero-order valence-corrected chi connectivity index (χ0v) is 25.1. The zero-order chi connectivity index (χ0) is 29.0. The summed E-state index contributed by atoms with van der Waals surface area (Å²) in [5, 5.41) is 2.62. The van der Waals surface area contributed by atoms with E-state index in [0.29, 0.717) is 6.41 Å². The second kappa shape index (κ2) is 19.2. The Morgan fingerprint density at radius 1 is 0.897 bits per heavy atom. The van der Waals surface area contributed by atoms with E-state index in [1.165, 1.54) is 47.9 Å². The van der Waals surface area contributed by atoms with Crippen LogP contribution in [0.2, 0.25) is 0 Å². The second-order valence-electron chi connectivity index (χ2n) is 8.98. The lowest BCUT2D eigenvalue weighted by Gasteiger charge is -2.04. The predicted octanol–water partition coefficient (Wildman–Crippen LogP) is 8.48. The maximum atomic E-state index is 10.1. The van der Waals surface area contributed by atoms with Gasteiger partial charge in [0.25, 0.3) is 0 Å². The van der Waals surface area contributed by atoms with E-state index in [1.54, 1.807) is 18.6 Å². The molecule has 0 spiro atoms. The molecule has 2 aromatic heterocycles. The average molecular weight is 527 g/mol. The molecule has 5 nitrogen and oxygen atoms in total. The van der Waals surface area contributed by atoms with Gasteiger partial charge in [0, 0.05) is 23.6 Å². The van der Waals surface area contributed by atoms with Gasteiger partial charge in [-0.05, 0) is 73.6 Å². The summed E-state index contributed by atoms with van der Waals surface area (Å²) in [7, 11) is 0. The van der Waals surface area contributed by atoms with Crippen molar-refractivity contribution in [3.63, 3.8) is 0 Å². The monoisotopic (exact) mass is 526 g/mol.